The predicted molar refractivity (Wildman–Crippen MR) is 35.5 cm³/mol. The lowest BCUT2D eigenvalue weighted by molar-refractivity contribution is -0.132. The van der Waals surface area contributed by atoms with E-state index in [9.17, 15) is 4.79 Å². The van der Waals surface area contributed by atoms with Crippen LogP contribution < -0.4 is 5.73 Å². The molecule has 3 nitrogen and oxygen atoms in total. The monoisotopic (exact) mass is 149 g/mol. The summed E-state index contributed by atoms with van der Waals surface area (Å²) in [6.07, 6.45) is 1.38. The van der Waals surface area contributed by atoms with Crippen molar-refractivity contribution >= 4 is 17.6 Å². The fourth-order valence-corrected chi connectivity index (χ4v) is 0.565. The van der Waals surface area contributed by atoms with E-state index in [1.165, 1.54) is 6.08 Å². The van der Waals surface area contributed by atoms with Crippen molar-refractivity contribution < 1.29 is 9.90 Å². The van der Waals surface area contributed by atoms with Gasteiger partial charge in [0.15, 0.2) is 0 Å². The molecule has 3 N–H and O–H groups in total. The standard InChI is InChI=1S/C5H8ClNO2/c6-3-4(1-2-7)5(8)9/h1H,2-3,7H2,(H,8,9)/b4-1-. The summed E-state index contributed by atoms with van der Waals surface area (Å²) >= 11 is 5.24. The van der Waals surface area contributed by atoms with Crippen LogP contribution in [0.25, 0.3) is 0 Å². The van der Waals surface area contributed by atoms with Crippen LogP contribution in [0.4, 0.5) is 0 Å². The van der Waals surface area contributed by atoms with E-state index in [2.05, 4.69) is 0 Å². The third kappa shape index (κ3) is 3.11. The Labute approximate surface area is 58.1 Å². The number of hydrogen-bond acceptors (Lipinski definition) is 2. The molecule has 0 rings (SSSR count). The van der Waals surface area contributed by atoms with Crippen LogP contribution in [-0.2, 0) is 4.79 Å². The number of rotatable bonds is 3. The molecule has 0 heterocycles. The summed E-state index contributed by atoms with van der Waals surface area (Å²) in [4.78, 5) is 10.1. The Morgan fingerprint density at radius 2 is 2.33 bits per heavy atom. The van der Waals surface area contributed by atoms with Gasteiger partial charge in [-0.25, -0.2) is 4.79 Å². The molecule has 0 atom stereocenters. The summed E-state index contributed by atoms with van der Waals surface area (Å²) in [6.45, 7) is 0.217. The molecule has 0 aromatic carbocycles. The summed E-state index contributed by atoms with van der Waals surface area (Å²) in [7, 11) is 0. The van der Waals surface area contributed by atoms with Crippen LogP contribution in [0.5, 0.6) is 0 Å². The molecule has 0 saturated heterocycles. The molecular weight excluding hydrogens is 142 g/mol. The number of nitrogens with two attached hydrogens (primary N) is 1. The van der Waals surface area contributed by atoms with Gasteiger partial charge < -0.3 is 10.8 Å². The summed E-state index contributed by atoms with van der Waals surface area (Å²) in [6, 6.07) is 0. The average molecular weight is 150 g/mol. The molecule has 0 unspecified atom stereocenters. The van der Waals surface area contributed by atoms with Gasteiger partial charge in [-0.15, -0.1) is 11.6 Å². The Morgan fingerprint density at radius 1 is 1.78 bits per heavy atom. The number of carbonyl (C=O) groups is 1. The molecule has 0 radical (unpaired) electrons. The van der Waals surface area contributed by atoms with Crippen molar-refractivity contribution in [3.05, 3.63) is 11.6 Å². The van der Waals surface area contributed by atoms with Crippen LogP contribution in [0.2, 0.25) is 0 Å². The van der Waals surface area contributed by atoms with E-state index in [4.69, 9.17) is 22.4 Å². The fourth-order valence-electron chi connectivity index (χ4n) is 0.341. The van der Waals surface area contributed by atoms with Gasteiger partial charge in [0.2, 0.25) is 0 Å². The van der Waals surface area contributed by atoms with E-state index >= 15 is 0 Å². The average Bonchev–Trinajstić information content (AvgIpc) is 1.82. The molecule has 0 spiro atoms. The largest absolute Gasteiger partial charge is 0.478 e. The van der Waals surface area contributed by atoms with Crippen LogP contribution in [0.3, 0.4) is 0 Å². The van der Waals surface area contributed by atoms with E-state index in [1.807, 2.05) is 0 Å². The van der Waals surface area contributed by atoms with E-state index in [-0.39, 0.29) is 18.0 Å². The minimum atomic E-state index is -1.00. The SMILES string of the molecule is NC/C=C(/CCl)C(=O)O. The number of alkyl halides is 1. The molecule has 9 heavy (non-hydrogen) atoms. The lowest BCUT2D eigenvalue weighted by atomic mass is 10.3. The van der Waals surface area contributed by atoms with Crippen LogP contribution in [0.15, 0.2) is 11.6 Å². The Bertz CT molecular complexity index is 133. The van der Waals surface area contributed by atoms with Gasteiger partial charge in [-0.3, -0.25) is 0 Å². The number of hydrogen-bond donors (Lipinski definition) is 2. The Hall–Kier alpha value is -0.540. The van der Waals surface area contributed by atoms with Crippen LogP contribution in [0, 0.1) is 0 Å². The highest BCUT2D eigenvalue weighted by Gasteiger charge is 2.02. The van der Waals surface area contributed by atoms with Gasteiger partial charge in [0.05, 0.1) is 5.88 Å². The van der Waals surface area contributed by atoms with Gasteiger partial charge in [0, 0.05) is 12.1 Å². The van der Waals surface area contributed by atoms with Gasteiger partial charge >= 0.3 is 5.97 Å². The maximum Gasteiger partial charge on any atom is 0.332 e. The van der Waals surface area contributed by atoms with Crippen LogP contribution in [-0.4, -0.2) is 23.5 Å². The summed E-state index contributed by atoms with van der Waals surface area (Å²) < 4.78 is 0. The lowest BCUT2D eigenvalue weighted by Crippen LogP contribution is -2.05. The molecule has 0 fully saturated rings. The maximum absolute atomic E-state index is 10.1. The minimum Gasteiger partial charge on any atom is -0.478 e. The second-order valence-corrected chi connectivity index (χ2v) is 1.67. The topological polar surface area (TPSA) is 63.3 Å². The first-order valence-corrected chi connectivity index (χ1v) is 2.94. The molecule has 0 aliphatic carbocycles. The number of carboxylic acids is 1. The van der Waals surface area contributed by atoms with Crippen molar-refractivity contribution in [2.75, 3.05) is 12.4 Å². The van der Waals surface area contributed by atoms with Crippen molar-refractivity contribution in [3.63, 3.8) is 0 Å². The molecule has 0 aliphatic rings. The molecule has 0 aliphatic heterocycles. The van der Waals surface area contributed by atoms with Crippen molar-refractivity contribution in [3.8, 4) is 0 Å². The summed E-state index contributed by atoms with van der Waals surface area (Å²) in [5, 5.41) is 8.30. The van der Waals surface area contributed by atoms with Gasteiger partial charge in [-0.1, -0.05) is 6.08 Å². The number of carboxylic acid groups (broad SMARTS) is 1. The van der Waals surface area contributed by atoms with Crippen LogP contribution in [0.1, 0.15) is 0 Å². The zero-order valence-corrected chi connectivity index (χ0v) is 5.56. The molecular formula is C5H8ClNO2. The predicted octanol–water partition coefficient (Wildman–Crippen LogP) is 0.195. The zero-order valence-electron chi connectivity index (χ0n) is 4.80. The third-order valence-corrected chi connectivity index (χ3v) is 1.07. The van der Waals surface area contributed by atoms with Crippen molar-refractivity contribution in [2.24, 2.45) is 5.73 Å². The molecule has 0 amide bonds. The van der Waals surface area contributed by atoms with Crippen LogP contribution >= 0.6 is 11.6 Å². The number of halogens is 1. The second-order valence-electron chi connectivity index (χ2n) is 1.40. The summed E-state index contributed by atoms with van der Waals surface area (Å²) in [5.74, 6) is -0.998. The highest BCUT2D eigenvalue weighted by Crippen LogP contribution is 1.95. The van der Waals surface area contributed by atoms with Gasteiger partial charge in [-0.2, -0.15) is 0 Å². The highest BCUT2D eigenvalue weighted by molar-refractivity contribution is 6.22. The molecule has 52 valence electrons. The van der Waals surface area contributed by atoms with Crippen molar-refractivity contribution in [2.45, 2.75) is 0 Å². The quantitative estimate of drug-likeness (QED) is 0.445. The molecule has 4 heteroatoms. The van der Waals surface area contributed by atoms with Gasteiger partial charge in [0.25, 0.3) is 0 Å². The Balaban J connectivity index is 3.98. The molecule has 0 saturated carbocycles. The summed E-state index contributed by atoms with van der Waals surface area (Å²) in [5.41, 5.74) is 5.20. The number of aliphatic carboxylic acids is 1. The Morgan fingerprint density at radius 3 is 2.44 bits per heavy atom. The van der Waals surface area contributed by atoms with E-state index in [0.717, 1.165) is 0 Å². The zero-order chi connectivity index (χ0) is 7.28. The Kier molecular flexibility index (Phi) is 4.09. The minimum absolute atomic E-state index is 0.00648. The van der Waals surface area contributed by atoms with Crippen molar-refractivity contribution in [1.82, 2.24) is 0 Å². The van der Waals surface area contributed by atoms with Gasteiger partial charge in [-0.05, 0) is 0 Å². The fraction of sp³-hybridized carbons (Fsp3) is 0.400. The van der Waals surface area contributed by atoms with Crippen molar-refractivity contribution in [1.29, 1.82) is 0 Å². The molecule has 0 bridgehead atoms. The first-order valence-electron chi connectivity index (χ1n) is 2.40. The second kappa shape index (κ2) is 4.35. The smallest absolute Gasteiger partial charge is 0.332 e. The maximum atomic E-state index is 10.1. The third-order valence-electron chi connectivity index (χ3n) is 0.783. The van der Waals surface area contributed by atoms with E-state index < -0.39 is 5.97 Å². The highest BCUT2D eigenvalue weighted by atomic mass is 35.5. The first kappa shape index (κ1) is 8.46. The first-order chi connectivity index (χ1) is 4.22. The van der Waals surface area contributed by atoms with E-state index in [0.29, 0.717) is 0 Å². The normalized spacial score (nSPS) is 11.6. The molecule has 0 aromatic heterocycles. The van der Waals surface area contributed by atoms with E-state index in [1.54, 1.807) is 0 Å². The lowest BCUT2D eigenvalue weighted by Gasteiger charge is -1.92. The molecule has 0 aromatic rings. The van der Waals surface area contributed by atoms with Gasteiger partial charge in [0.1, 0.15) is 0 Å².